The largest absolute Gasteiger partial charge is 0.347 e. The van der Waals surface area contributed by atoms with E-state index in [0.29, 0.717) is 11.0 Å². The molecule has 9 nitrogen and oxygen atoms in total. The molecule has 3 rings (SSSR count). The minimum Gasteiger partial charge on any atom is -0.347 e. The van der Waals surface area contributed by atoms with Gasteiger partial charge in [0.2, 0.25) is 10.0 Å². The van der Waals surface area contributed by atoms with E-state index in [4.69, 9.17) is 0 Å². The molecule has 1 heterocycles. The van der Waals surface area contributed by atoms with Gasteiger partial charge in [0.15, 0.2) is 0 Å². The van der Waals surface area contributed by atoms with Gasteiger partial charge in [-0.15, -0.1) is 0 Å². The summed E-state index contributed by atoms with van der Waals surface area (Å²) in [4.78, 5) is 23.0. The highest BCUT2D eigenvalue weighted by Gasteiger charge is 2.26. The summed E-state index contributed by atoms with van der Waals surface area (Å²) in [6.45, 7) is -0.0415. The van der Waals surface area contributed by atoms with Crippen LogP contribution in [0.25, 0.3) is 11.0 Å². The number of amides is 2. The van der Waals surface area contributed by atoms with Crippen molar-refractivity contribution in [1.29, 1.82) is 0 Å². The molecule has 24 heavy (non-hydrogen) atoms. The molecule has 0 spiro atoms. The van der Waals surface area contributed by atoms with E-state index in [2.05, 4.69) is 24.1 Å². The predicted octanol–water partition coefficient (Wildman–Crippen LogP) is -0.636. The van der Waals surface area contributed by atoms with Gasteiger partial charge in [-0.1, -0.05) is 6.07 Å². The number of aromatic nitrogens is 2. The first-order valence-corrected chi connectivity index (χ1v) is 9.48. The minimum atomic E-state index is -3.78. The third kappa shape index (κ3) is 3.86. The maximum Gasteiger partial charge on any atom is 0.309 e. The average molecular weight is 369 g/mol. The summed E-state index contributed by atoms with van der Waals surface area (Å²) in [7, 11) is -3.78. The highest BCUT2D eigenvalue weighted by atomic mass is 32.2. The quantitative estimate of drug-likeness (QED) is 0.459. The predicted molar refractivity (Wildman–Crippen MR) is 86.8 cm³/mol. The molecule has 0 bridgehead atoms. The lowest BCUT2D eigenvalue weighted by atomic mass is 10.3. The molecule has 2 aromatic rings. The Morgan fingerprint density at radius 2 is 1.96 bits per heavy atom. The highest BCUT2D eigenvalue weighted by molar-refractivity contribution is 7.89. The number of carbonyl (C=O) groups excluding carboxylic acids is 2. The fourth-order valence-corrected chi connectivity index (χ4v) is 3.79. The van der Waals surface area contributed by atoms with Gasteiger partial charge in [-0.05, 0) is 25.0 Å². The Hall–Kier alpha value is -2.11. The standard InChI is InChI=1S/C13H15N5O4S2/c19-12(13(20)16-8-4-5-8)14-6-7-15-24(21,22)10-3-1-2-9-11(10)18-23-17-9/h1-3,8,15H,4-7H2,(H,14,19)(H,16,20). The Kier molecular flexibility index (Phi) is 4.73. The molecule has 0 atom stereocenters. The fraction of sp³-hybridized carbons (Fsp3) is 0.385. The summed E-state index contributed by atoms with van der Waals surface area (Å²) in [6, 6.07) is 4.79. The molecule has 0 unspecified atom stereocenters. The van der Waals surface area contributed by atoms with Crippen molar-refractivity contribution in [1.82, 2.24) is 24.1 Å². The number of benzene rings is 1. The Balaban J connectivity index is 1.53. The lowest BCUT2D eigenvalue weighted by molar-refractivity contribution is -0.139. The third-order valence-electron chi connectivity index (χ3n) is 3.36. The molecule has 1 aromatic heterocycles. The van der Waals surface area contributed by atoms with Crippen LogP contribution in [0.15, 0.2) is 23.1 Å². The second-order valence-electron chi connectivity index (χ2n) is 5.29. The topological polar surface area (TPSA) is 130 Å². The van der Waals surface area contributed by atoms with Crippen LogP contribution in [0.2, 0.25) is 0 Å². The molecule has 0 radical (unpaired) electrons. The third-order valence-corrected chi connectivity index (χ3v) is 5.40. The van der Waals surface area contributed by atoms with Gasteiger partial charge in [0, 0.05) is 19.1 Å². The maximum atomic E-state index is 12.3. The molecule has 3 N–H and O–H groups in total. The van der Waals surface area contributed by atoms with E-state index in [1.165, 1.54) is 6.07 Å². The van der Waals surface area contributed by atoms with Gasteiger partial charge in [-0.2, -0.15) is 8.75 Å². The van der Waals surface area contributed by atoms with E-state index in [0.717, 1.165) is 24.6 Å². The molecule has 11 heteroatoms. The first-order chi connectivity index (χ1) is 11.5. The van der Waals surface area contributed by atoms with Crippen molar-refractivity contribution in [2.45, 2.75) is 23.8 Å². The molecule has 1 saturated carbocycles. The van der Waals surface area contributed by atoms with Crippen LogP contribution in [-0.4, -0.2) is 48.1 Å². The average Bonchev–Trinajstić information content (AvgIpc) is 3.23. The zero-order valence-electron chi connectivity index (χ0n) is 12.5. The Morgan fingerprint density at radius 3 is 2.71 bits per heavy atom. The molecule has 2 amide bonds. The van der Waals surface area contributed by atoms with Gasteiger partial charge in [-0.3, -0.25) is 9.59 Å². The van der Waals surface area contributed by atoms with Crippen LogP contribution in [0.1, 0.15) is 12.8 Å². The molecular formula is C13H15N5O4S2. The monoisotopic (exact) mass is 369 g/mol. The highest BCUT2D eigenvalue weighted by Crippen LogP contribution is 2.20. The molecule has 0 aliphatic heterocycles. The van der Waals surface area contributed by atoms with E-state index < -0.39 is 21.8 Å². The lowest BCUT2D eigenvalue weighted by Gasteiger charge is -2.08. The zero-order chi connectivity index (χ0) is 17.2. The Labute approximate surface area is 142 Å². The minimum absolute atomic E-state index is 0.00143. The van der Waals surface area contributed by atoms with Crippen LogP contribution < -0.4 is 15.4 Å². The number of fused-ring (bicyclic) bond motifs is 1. The smallest absolute Gasteiger partial charge is 0.309 e. The summed E-state index contributed by atoms with van der Waals surface area (Å²) in [6.07, 6.45) is 1.77. The van der Waals surface area contributed by atoms with Gasteiger partial charge in [0.1, 0.15) is 15.9 Å². The molecular weight excluding hydrogens is 354 g/mol. The van der Waals surface area contributed by atoms with Crippen molar-refractivity contribution in [3.8, 4) is 0 Å². The van der Waals surface area contributed by atoms with Crippen LogP contribution in [0.3, 0.4) is 0 Å². The summed E-state index contributed by atoms with van der Waals surface area (Å²) in [5.74, 6) is -1.47. The first-order valence-electron chi connectivity index (χ1n) is 7.27. The number of nitrogens with one attached hydrogen (secondary N) is 3. The van der Waals surface area contributed by atoms with Gasteiger partial charge >= 0.3 is 11.8 Å². The number of carbonyl (C=O) groups is 2. The Morgan fingerprint density at radius 1 is 1.17 bits per heavy atom. The van der Waals surface area contributed by atoms with Crippen LogP contribution >= 0.6 is 11.7 Å². The number of hydrogen-bond donors (Lipinski definition) is 3. The molecule has 0 saturated heterocycles. The fourth-order valence-electron chi connectivity index (χ4n) is 2.00. The van der Waals surface area contributed by atoms with Crippen LogP contribution in [0, 0.1) is 0 Å². The van der Waals surface area contributed by atoms with Crippen molar-refractivity contribution in [3.05, 3.63) is 18.2 Å². The molecule has 1 aromatic carbocycles. The van der Waals surface area contributed by atoms with Crippen molar-refractivity contribution < 1.29 is 18.0 Å². The van der Waals surface area contributed by atoms with E-state index in [1.807, 2.05) is 0 Å². The lowest BCUT2D eigenvalue weighted by Crippen LogP contribution is -2.43. The number of hydrogen-bond acceptors (Lipinski definition) is 7. The number of nitrogens with zero attached hydrogens (tertiary/aromatic N) is 2. The van der Waals surface area contributed by atoms with Gasteiger partial charge in [-0.25, -0.2) is 13.1 Å². The van der Waals surface area contributed by atoms with Crippen molar-refractivity contribution in [2.24, 2.45) is 0 Å². The summed E-state index contributed by atoms with van der Waals surface area (Å²) in [5, 5.41) is 4.92. The Bertz CT molecular complexity index is 875. The number of sulfonamides is 1. The van der Waals surface area contributed by atoms with Crippen molar-refractivity contribution in [3.63, 3.8) is 0 Å². The SMILES string of the molecule is O=C(NCCNS(=O)(=O)c1cccc2nsnc12)C(=O)NC1CC1. The molecule has 1 aliphatic carbocycles. The van der Waals surface area contributed by atoms with Gasteiger partial charge in [0.05, 0.1) is 11.7 Å². The second kappa shape index (κ2) is 6.79. The summed E-state index contributed by atoms with van der Waals surface area (Å²) < 4.78 is 35.0. The summed E-state index contributed by atoms with van der Waals surface area (Å²) in [5.41, 5.74) is 0.816. The molecule has 128 valence electrons. The zero-order valence-corrected chi connectivity index (χ0v) is 14.1. The van der Waals surface area contributed by atoms with E-state index >= 15 is 0 Å². The van der Waals surface area contributed by atoms with E-state index in [1.54, 1.807) is 12.1 Å². The molecule has 1 aliphatic rings. The second-order valence-corrected chi connectivity index (χ2v) is 7.55. The first kappa shape index (κ1) is 16.7. The normalized spacial score (nSPS) is 14.5. The maximum absolute atomic E-state index is 12.3. The van der Waals surface area contributed by atoms with Crippen molar-refractivity contribution >= 4 is 44.6 Å². The van der Waals surface area contributed by atoms with E-state index in [9.17, 15) is 18.0 Å². The molecule has 1 fully saturated rings. The van der Waals surface area contributed by atoms with E-state index in [-0.39, 0.29) is 24.0 Å². The van der Waals surface area contributed by atoms with Crippen LogP contribution in [0.5, 0.6) is 0 Å². The van der Waals surface area contributed by atoms with Gasteiger partial charge < -0.3 is 10.6 Å². The van der Waals surface area contributed by atoms with Gasteiger partial charge in [0.25, 0.3) is 0 Å². The number of rotatable bonds is 6. The van der Waals surface area contributed by atoms with Crippen LogP contribution in [-0.2, 0) is 19.6 Å². The summed E-state index contributed by atoms with van der Waals surface area (Å²) >= 11 is 0.935. The van der Waals surface area contributed by atoms with Crippen molar-refractivity contribution in [2.75, 3.05) is 13.1 Å². The van der Waals surface area contributed by atoms with Crippen LogP contribution in [0.4, 0.5) is 0 Å².